The van der Waals surface area contributed by atoms with Crippen molar-refractivity contribution in [1.82, 2.24) is 0 Å². The Morgan fingerprint density at radius 1 is 1.09 bits per heavy atom. The number of hydrogen-bond donors (Lipinski definition) is 1. The van der Waals surface area contributed by atoms with Gasteiger partial charge in [0.1, 0.15) is 11.6 Å². The number of carbonyl (C=O) groups is 1. The van der Waals surface area contributed by atoms with Crippen molar-refractivity contribution in [2.75, 3.05) is 18.5 Å². The quantitative estimate of drug-likeness (QED) is 0.844. The molecule has 0 aliphatic rings. The Balaban J connectivity index is 1.94. The first-order valence-corrected chi connectivity index (χ1v) is 7.19. The second kappa shape index (κ2) is 8.12. The summed E-state index contributed by atoms with van der Waals surface area (Å²) >= 11 is 0. The minimum atomic E-state index is -0.843. The average Bonchev–Trinajstić information content (AvgIpc) is 2.54. The molecule has 1 N–H and O–H groups in total. The van der Waals surface area contributed by atoms with Crippen LogP contribution in [0.4, 0.5) is 14.5 Å². The molecule has 1 amide bonds. The van der Waals surface area contributed by atoms with E-state index in [1.54, 1.807) is 24.3 Å². The van der Waals surface area contributed by atoms with E-state index in [0.29, 0.717) is 24.2 Å². The van der Waals surface area contributed by atoms with Crippen LogP contribution in [0.5, 0.6) is 11.5 Å². The first kappa shape index (κ1) is 16.7. The molecule has 6 heteroatoms. The van der Waals surface area contributed by atoms with Gasteiger partial charge in [-0.1, -0.05) is 19.1 Å². The first-order chi connectivity index (χ1) is 11.1. The van der Waals surface area contributed by atoms with Crippen LogP contribution < -0.4 is 14.8 Å². The van der Waals surface area contributed by atoms with Crippen molar-refractivity contribution in [3.8, 4) is 11.5 Å². The van der Waals surface area contributed by atoms with Gasteiger partial charge < -0.3 is 14.8 Å². The van der Waals surface area contributed by atoms with Crippen LogP contribution in [0.1, 0.15) is 13.3 Å². The maximum atomic E-state index is 13.5. The summed E-state index contributed by atoms with van der Waals surface area (Å²) in [5, 5.41) is 2.32. The molecule has 4 nitrogen and oxygen atoms in total. The fourth-order valence-electron chi connectivity index (χ4n) is 1.82. The largest absolute Gasteiger partial charge is 0.490 e. The number of para-hydroxylation sites is 2. The topological polar surface area (TPSA) is 47.6 Å². The van der Waals surface area contributed by atoms with Crippen LogP contribution in [0, 0.1) is 11.6 Å². The van der Waals surface area contributed by atoms with Crippen LogP contribution in [0.25, 0.3) is 0 Å². The minimum absolute atomic E-state index is 0.101. The fourth-order valence-corrected chi connectivity index (χ4v) is 1.82. The van der Waals surface area contributed by atoms with Gasteiger partial charge in [-0.3, -0.25) is 4.79 Å². The van der Waals surface area contributed by atoms with Crippen molar-refractivity contribution >= 4 is 11.6 Å². The average molecular weight is 321 g/mol. The molecule has 2 rings (SSSR count). The van der Waals surface area contributed by atoms with Gasteiger partial charge in [-0.15, -0.1) is 0 Å². The van der Waals surface area contributed by atoms with Gasteiger partial charge in [-0.25, -0.2) is 8.78 Å². The molecule has 0 heterocycles. The summed E-state index contributed by atoms with van der Waals surface area (Å²) in [5.41, 5.74) is -0.101. The van der Waals surface area contributed by atoms with E-state index >= 15 is 0 Å². The standard InChI is InChI=1S/C17H17F2NO3/c1-2-9-22-15-5-3-4-6-16(15)23-11-17(21)20-14-8-7-12(18)10-13(14)19/h3-8,10H,2,9,11H2,1H3,(H,20,21). The molecule has 0 radical (unpaired) electrons. The third-order valence-electron chi connectivity index (χ3n) is 2.87. The molecule has 0 aliphatic heterocycles. The maximum absolute atomic E-state index is 13.5. The molecule has 23 heavy (non-hydrogen) atoms. The molecule has 2 aromatic carbocycles. The first-order valence-electron chi connectivity index (χ1n) is 7.19. The molecular formula is C17H17F2NO3. The highest BCUT2D eigenvalue weighted by molar-refractivity contribution is 5.92. The zero-order valence-corrected chi connectivity index (χ0v) is 12.6. The Morgan fingerprint density at radius 3 is 2.43 bits per heavy atom. The van der Waals surface area contributed by atoms with Gasteiger partial charge in [-0.05, 0) is 30.7 Å². The zero-order valence-electron chi connectivity index (χ0n) is 12.6. The summed E-state index contributed by atoms with van der Waals surface area (Å²) < 4.78 is 37.2. The number of anilines is 1. The van der Waals surface area contributed by atoms with Crippen LogP contribution >= 0.6 is 0 Å². The van der Waals surface area contributed by atoms with Gasteiger partial charge in [0.05, 0.1) is 12.3 Å². The van der Waals surface area contributed by atoms with Crippen molar-refractivity contribution in [2.45, 2.75) is 13.3 Å². The number of nitrogens with one attached hydrogen (secondary N) is 1. The predicted octanol–water partition coefficient (Wildman–Crippen LogP) is 3.77. The monoisotopic (exact) mass is 321 g/mol. The summed E-state index contributed by atoms with van der Waals surface area (Å²) in [6.07, 6.45) is 0.846. The molecular weight excluding hydrogens is 304 g/mol. The van der Waals surface area contributed by atoms with E-state index in [1.165, 1.54) is 0 Å². The molecule has 0 bridgehead atoms. The lowest BCUT2D eigenvalue weighted by Gasteiger charge is -2.12. The number of hydrogen-bond acceptors (Lipinski definition) is 3. The van der Waals surface area contributed by atoms with E-state index in [0.717, 1.165) is 18.6 Å². The Labute approximate surface area is 133 Å². The Bertz CT molecular complexity index is 677. The van der Waals surface area contributed by atoms with E-state index in [1.807, 2.05) is 6.92 Å². The Kier molecular flexibility index (Phi) is 5.91. The fraction of sp³-hybridized carbons (Fsp3) is 0.235. The highest BCUT2D eigenvalue weighted by Gasteiger charge is 2.10. The highest BCUT2D eigenvalue weighted by Crippen LogP contribution is 2.26. The minimum Gasteiger partial charge on any atom is -0.490 e. The molecule has 0 saturated heterocycles. The molecule has 0 fully saturated rings. The molecule has 0 aromatic heterocycles. The molecule has 0 aliphatic carbocycles. The van der Waals surface area contributed by atoms with Gasteiger partial charge in [0, 0.05) is 6.07 Å². The molecule has 0 saturated carbocycles. The van der Waals surface area contributed by atoms with Crippen LogP contribution in [0.15, 0.2) is 42.5 Å². The second-order valence-electron chi connectivity index (χ2n) is 4.76. The van der Waals surface area contributed by atoms with Crippen molar-refractivity contribution in [3.63, 3.8) is 0 Å². The highest BCUT2D eigenvalue weighted by atomic mass is 19.1. The van der Waals surface area contributed by atoms with Crippen LogP contribution in [-0.4, -0.2) is 19.1 Å². The summed E-state index contributed by atoms with van der Waals surface area (Å²) in [7, 11) is 0. The van der Waals surface area contributed by atoms with Gasteiger partial charge in [0.15, 0.2) is 18.1 Å². The molecule has 0 unspecified atom stereocenters. The van der Waals surface area contributed by atoms with Gasteiger partial charge in [0.2, 0.25) is 0 Å². The SMILES string of the molecule is CCCOc1ccccc1OCC(=O)Nc1ccc(F)cc1F. The molecule has 0 atom stereocenters. The maximum Gasteiger partial charge on any atom is 0.262 e. The van der Waals surface area contributed by atoms with Gasteiger partial charge in [-0.2, -0.15) is 0 Å². The summed E-state index contributed by atoms with van der Waals surface area (Å²) in [6.45, 7) is 2.20. The Morgan fingerprint density at radius 2 is 1.78 bits per heavy atom. The zero-order chi connectivity index (χ0) is 16.7. The van der Waals surface area contributed by atoms with Crippen molar-refractivity contribution in [3.05, 3.63) is 54.1 Å². The summed E-state index contributed by atoms with van der Waals surface area (Å²) in [6, 6.07) is 9.88. The Hall–Kier alpha value is -2.63. The lowest BCUT2D eigenvalue weighted by atomic mass is 10.3. The van der Waals surface area contributed by atoms with E-state index < -0.39 is 17.5 Å². The van der Waals surface area contributed by atoms with Crippen LogP contribution in [0.3, 0.4) is 0 Å². The summed E-state index contributed by atoms with van der Waals surface area (Å²) in [4.78, 5) is 11.8. The predicted molar refractivity (Wildman–Crippen MR) is 82.7 cm³/mol. The summed E-state index contributed by atoms with van der Waals surface area (Å²) in [5.74, 6) is -1.14. The number of amides is 1. The van der Waals surface area contributed by atoms with E-state index in [2.05, 4.69) is 5.32 Å². The number of halogens is 2. The van der Waals surface area contributed by atoms with Gasteiger partial charge >= 0.3 is 0 Å². The lowest BCUT2D eigenvalue weighted by Crippen LogP contribution is -2.21. The number of rotatable bonds is 7. The van der Waals surface area contributed by atoms with Crippen molar-refractivity contribution in [2.24, 2.45) is 0 Å². The van der Waals surface area contributed by atoms with E-state index in [9.17, 15) is 13.6 Å². The second-order valence-corrected chi connectivity index (χ2v) is 4.76. The molecule has 2 aromatic rings. The van der Waals surface area contributed by atoms with Crippen LogP contribution in [-0.2, 0) is 4.79 Å². The molecule has 0 spiro atoms. The van der Waals surface area contributed by atoms with Crippen LogP contribution in [0.2, 0.25) is 0 Å². The van der Waals surface area contributed by atoms with Crippen molar-refractivity contribution < 1.29 is 23.0 Å². The number of ether oxygens (including phenoxy) is 2. The molecule has 122 valence electrons. The van der Waals surface area contributed by atoms with E-state index in [-0.39, 0.29) is 12.3 Å². The van der Waals surface area contributed by atoms with E-state index in [4.69, 9.17) is 9.47 Å². The normalized spacial score (nSPS) is 10.2. The number of benzene rings is 2. The number of carbonyl (C=O) groups excluding carboxylic acids is 1. The third kappa shape index (κ3) is 4.95. The van der Waals surface area contributed by atoms with Gasteiger partial charge in [0.25, 0.3) is 5.91 Å². The van der Waals surface area contributed by atoms with Crippen molar-refractivity contribution in [1.29, 1.82) is 0 Å². The third-order valence-corrected chi connectivity index (χ3v) is 2.87. The lowest BCUT2D eigenvalue weighted by molar-refractivity contribution is -0.118. The smallest absolute Gasteiger partial charge is 0.262 e.